The van der Waals surface area contributed by atoms with Crippen LogP contribution >= 0.6 is 0 Å². The van der Waals surface area contributed by atoms with E-state index < -0.39 is 11.9 Å². The summed E-state index contributed by atoms with van der Waals surface area (Å²) < 4.78 is 38.8. The third-order valence-electron chi connectivity index (χ3n) is 2.04. The fraction of sp³-hybridized carbons (Fsp3) is 0.700. The van der Waals surface area contributed by atoms with Gasteiger partial charge in [-0.05, 0) is 12.5 Å². The molecule has 1 aromatic rings. The predicted octanol–water partition coefficient (Wildman–Crippen LogP) is 2.18. The molecule has 0 spiro atoms. The van der Waals surface area contributed by atoms with Gasteiger partial charge in [-0.1, -0.05) is 13.8 Å². The van der Waals surface area contributed by atoms with Gasteiger partial charge < -0.3 is 5.32 Å². The molecule has 0 saturated carbocycles. The monoisotopic (exact) mass is 235 g/mol. The van der Waals surface area contributed by atoms with Crippen molar-refractivity contribution in [3.63, 3.8) is 0 Å². The van der Waals surface area contributed by atoms with Crippen molar-refractivity contribution in [2.45, 2.75) is 26.6 Å². The summed E-state index contributed by atoms with van der Waals surface area (Å²) in [6.07, 6.45) is -2.98. The molecule has 3 nitrogen and oxygen atoms in total. The number of aryl methyl sites for hydroxylation is 1. The van der Waals surface area contributed by atoms with E-state index in [1.807, 2.05) is 13.8 Å². The number of nitrogens with one attached hydrogen (secondary N) is 1. The number of rotatable bonds is 4. The van der Waals surface area contributed by atoms with E-state index in [1.165, 1.54) is 17.9 Å². The number of hydrogen-bond acceptors (Lipinski definition) is 2. The maximum Gasteiger partial charge on any atom is 0.435 e. The van der Waals surface area contributed by atoms with Gasteiger partial charge >= 0.3 is 6.18 Å². The standard InChI is InChI=1S/C10H16F3N3/c1-7(2)4-14-5-8-6-16(3)15-9(8)10(11,12)13/h6-7,14H,4-5H2,1-3H3. The maximum absolute atomic E-state index is 12.5. The highest BCUT2D eigenvalue weighted by atomic mass is 19.4. The number of aromatic nitrogens is 2. The minimum Gasteiger partial charge on any atom is -0.312 e. The smallest absolute Gasteiger partial charge is 0.312 e. The van der Waals surface area contributed by atoms with Crippen molar-refractivity contribution in [2.75, 3.05) is 6.54 Å². The van der Waals surface area contributed by atoms with E-state index >= 15 is 0 Å². The quantitative estimate of drug-likeness (QED) is 0.867. The number of halogens is 3. The van der Waals surface area contributed by atoms with Gasteiger partial charge in [0, 0.05) is 25.4 Å². The Bertz CT molecular complexity index is 342. The van der Waals surface area contributed by atoms with Gasteiger partial charge in [0.05, 0.1) is 0 Å². The van der Waals surface area contributed by atoms with Crippen LogP contribution in [0.1, 0.15) is 25.1 Å². The zero-order valence-corrected chi connectivity index (χ0v) is 9.60. The van der Waals surface area contributed by atoms with Gasteiger partial charge in [-0.3, -0.25) is 4.68 Å². The molecule has 92 valence electrons. The lowest BCUT2D eigenvalue weighted by Gasteiger charge is -2.08. The van der Waals surface area contributed by atoms with Crippen LogP contribution < -0.4 is 5.32 Å². The van der Waals surface area contributed by atoms with Crippen LogP contribution in [0.3, 0.4) is 0 Å². The Morgan fingerprint density at radius 3 is 2.56 bits per heavy atom. The fourth-order valence-electron chi connectivity index (χ4n) is 1.40. The van der Waals surface area contributed by atoms with E-state index in [1.54, 1.807) is 0 Å². The highest BCUT2D eigenvalue weighted by Gasteiger charge is 2.36. The lowest BCUT2D eigenvalue weighted by molar-refractivity contribution is -0.142. The van der Waals surface area contributed by atoms with Gasteiger partial charge in [0.25, 0.3) is 0 Å². The van der Waals surface area contributed by atoms with Crippen LogP contribution in [0, 0.1) is 5.92 Å². The minimum atomic E-state index is -4.38. The van der Waals surface area contributed by atoms with Crippen molar-refractivity contribution in [3.05, 3.63) is 17.5 Å². The van der Waals surface area contributed by atoms with Crippen LogP contribution in [0.25, 0.3) is 0 Å². The molecule has 0 unspecified atom stereocenters. The maximum atomic E-state index is 12.5. The Morgan fingerprint density at radius 1 is 1.44 bits per heavy atom. The Labute approximate surface area is 92.6 Å². The molecular formula is C10H16F3N3. The average Bonchev–Trinajstić information content (AvgIpc) is 2.45. The van der Waals surface area contributed by atoms with E-state index in [4.69, 9.17) is 0 Å². The summed E-state index contributed by atoms with van der Waals surface area (Å²) in [6, 6.07) is 0. The normalized spacial score (nSPS) is 12.4. The van der Waals surface area contributed by atoms with Gasteiger partial charge in [-0.15, -0.1) is 0 Å². The Hall–Kier alpha value is -1.04. The summed E-state index contributed by atoms with van der Waals surface area (Å²) in [5.41, 5.74) is -0.609. The van der Waals surface area contributed by atoms with Crippen LogP contribution in [-0.4, -0.2) is 16.3 Å². The molecule has 1 heterocycles. The number of hydrogen-bond donors (Lipinski definition) is 1. The van der Waals surface area contributed by atoms with Gasteiger partial charge in [0.1, 0.15) is 0 Å². The summed E-state index contributed by atoms with van der Waals surface area (Å²) in [5.74, 6) is 0.408. The van der Waals surface area contributed by atoms with Gasteiger partial charge in [0.15, 0.2) is 5.69 Å². The van der Waals surface area contributed by atoms with Crippen molar-refractivity contribution in [3.8, 4) is 0 Å². The topological polar surface area (TPSA) is 29.9 Å². The minimum absolute atomic E-state index is 0.190. The SMILES string of the molecule is CC(C)CNCc1cn(C)nc1C(F)(F)F. The molecule has 0 aliphatic carbocycles. The number of alkyl halides is 3. The van der Waals surface area contributed by atoms with Crippen molar-refractivity contribution < 1.29 is 13.2 Å². The first-order chi connectivity index (χ1) is 7.30. The van der Waals surface area contributed by atoms with Crippen molar-refractivity contribution in [1.82, 2.24) is 15.1 Å². The molecule has 1 rings (SSSR count). The zero-order chi connectivity index (χ0) is 12.3. The predicted molar refractivity (Wildman–Crippen MR) is 54.8 cm³/mol. The van der Waals surface area contributed by atoms with Crippen LogP contribution in [-0.2, 0) is 19.8 Å². The average molecular weight is 235 g/mol. The van der Waals surface area contributed by atoms with E-state index in [0.29, 0.717) is 12.5 Å². The molecule has 0 aliphatic heterocycles. The molecule has 0 aromatic carbocycles. The molecule has 16 heavy (non-hydrogen) atoms. The van der Waals surface area contributed by atoms with E-state index in [0.717, 1.165) is 0 Å². The Morgan fingerprint density at radius 2 is 2.06 bits per heavy atom. The van der Waals surface area contributed by atoms with Crippen molar-refractivity contribution >= 4 is 0 Å². The summed E-state index contributed by atoms with van der Waals surface area (Å²) in [4.78, 5) is 0. The van der Waals surface area contributed by atoms with Crippen molar-refractivity contribution in [1.29, 1.82) is 0 Å². The molecule has 0 saturated heterocycles. The first-order valence-corrected chi connectivity index (χ1v) is 5.11. The zero-order valence-electron chi connectivity index (χ0n) is 9.60. The molecule has 1 N–H and O–H groups in total. The molecule has 0 aliphatic rings. The van der Waals surface area contributed by atoms with Crippen LogP contribution in [0.4, 0.5) is 13.2 Å². The molecule has 0 amide bonds. The summed E-state index contributed by atoms with van der Waals surface area (Å²) >= 11 is 0. The second-order valence-corrected chi connectivity index (χ2v) is 4.20. The molecule has 6 heteroatoms. The lowest BCUT2D eigenvalue weighted by atomic mass is 10.2. The molecule has 0 atom stereocenters. The van der Waals surface area contributed by atoms with E-state index in [2.05, 4.69) is 10.4 Å². The summed E-state index contributed by atoms with van der Waals surface area (Å²) in [7, 11) is 1.49. The highest BCUT2D eigenvalue weighted by molar-refractivity contribution is 5.19. The van der Waals surface area contributed by atoms with Crippen LogP contribution in [0.2, 0.25) is 0 Å². The molecule has 0 fully saturated rings. The largest absolute Gasteiger partial charge is 0.435 e. The third kappa shape index (κ3) is 3.52. The van der Waals surface area contributed by atoms with Gasteiger partial charge in [-0.25, -0.2) is 0 Å². The van der Waals surface area contributed by atoms with Gasteiger partial charge in [-0.2, -0.15) is 18.3 Å². The molecular weight excluding hydrogens is 219 g/mol. The fourth-order valence-corrected chi connectivity index (χ4v) is 1.40. The molecule has 1 aromatic heterocycles. The van der Waals surface area contributed by atoms with E-state index in [9.17, 15) is 13.2 Å². The second kappa shape index (κ2) is 4.86. The van der Waals surface area contributed by atoms with Crippen molar-refractivity contribution in [2.24, 2.45) is 13.0 Å². The first kappa shape index (κ1) is 13.0. The second-order valence-electron chi connectivity index (χ2n) is 4.20. The lowest BCUT2D eigenvalue weighted by Crippen LogP contribution is -2.20. The number of nitrogens with zero attached hydrogens (tertiary/aromatic N) is 2. The molecule has 0 bridgehead atoms. The van der Waals surface area contributed by atoms with Crippen LogP contribution in [0.15, 0.2) is 6.20 Å². The van der Waals surface area contributed by atoms with Crippen LogP contribution in [0.5, 0.6) is 0 Å². The first-order valence-electron chi connectivity index (χ1n) is 5.11. The van der Waals surface area contributed by atoms with E-state index in [-0.39, 0.29) is 12.1 Å². The Balaban J connectivity index is 2.72. The molecule has 0 radical (unpaired) electrons. The highest BCUT2D eigenvalue weighted by Crippen LogP contribution is 2.30. The summed E-state index contributed by atoms with van der Waals surface area (Å²) in [5, 5.41) is 6.40. The Kier molecular flexibility index (Phi) is 3.96. The summed E-state index contributed by atoms with van der Waals surface area (Å²) in [6.45, 7) is 4.88. The van der Waals surface area contributed by atoms with Gasteiger partial charge in [0.2, 0.25) is 0 Å². The third-order valence-corrected chi connectivity index (χ3v) is 2.04.